The van der Waals surface area contributed by atoms with Crippen LogP contribution < -0.4 is 10.1 Å². The first-order chi connectivity index (χ1) is 12.4. The molecule has 2 aromatic rings. The van der Waals surface area contributed by atoms with E-state index >= 15 is 0 Å². The van der Waals surface area contributed by atoms with Crippen molar-refractivity contribution >= 4 is 17.6 Å². The number of rotatable bonds is 7. The Morgan fingerprint density at radius 1 is 1.19 bits per heavy atom. The van der Waals surface area contributed by atoms with E-state index in [1.54, 1.807) is 31.4 Å². The summed E-state index contributed by atoms with van der Waals surface area (Å²) in [4.78, 5) is 34.2. The summed E-state index contributed by atoms with van der Waals surface area (Å²) in [6.07, 6.45) is -1.04. The smallest absolute Gasteiger partial charge is 0.339 e. The van der Waals surface area contributed by atoms with Crippen LogP contribution in [0.25, 0.3) is 0 Å². The Morgan fingerprint density at radius 3 is 2.50 bits per heavy atom. The van der Waals surface area contributed by atoms with Crippen LogP contribution in [0.4, 0.5) is 5.69 Å². The molecular formula is C18H18N2O6. The number of carbonyl (C=O) groups excluding carboxylic acids is 2. The number of nitro groups is 1. The predicted octanol–water partition coefficient (Wildman–Crippen LogP) is 2.47. The highest BCUT2D eigenvalue weighted by Crippen LogP contribution is 2.15. The van der Waals surface area contributed by atoms with E-state index < -0.39 is 22.9 Å². The molecule has 2 aromatic carbocycles. The summed E-state index contributed by atoms with van der Waals surface area (Å²) in [6.45, 7) is 1.69. The summed E-state index contributed by atoms with van der Waals surface area (Å²) in [6, 6.07) is 12.3. The van der Waals surface area contributed by atoms with E-state index in [4.69, 9.17) is 9.47 Å². The van der Waals surface area contributed by atoms with Gasteiger partial charge < -0.3 is 14.8 Å². The number of nitro benzene ring substituents is 1. The lowest BCUT2D eigenvalue weighted by Gasteiger charge is -2.13. The van der Waals surface area contributed by atoms with Crippen LogP contribution in [-0.2, 0) is 16.1 Å². The zero-order valence-electron chi connectivity index (χ0n) is 14.3. The number of methoxy groups -OCH3 is 1. The van der Waals surface area contributed by atoms with Crippen LogP contribution in [0.5, 0.6) is 5.75 Å². The van der Waals surface area contributed by atoms with Gasteiger partial charge in [-0.05, 0) is 30.7 Å². The maximum absolute atomic E-state index is 12.1. The number of ether oxygens (including phenoxy) is 2. The zero-order chi connectivity index (χ0) is 19.1. The highest BCUT2D eigenvalue weighted by atomic mass is 16.6. The molecule has 0 aliphatic heterocycles. The molecule has 136 valence electrons. The molecule has 26 heavy (non-hydrogen) atoms. The van der Waals surface area contributed by atoms with Gasteiger partial charge in [0.15, 0.2) is 6.10 Å². The first kappa shape index (κ1) is 18.9. The molecule has 8 nitrogen and oxygen atoms in total. The molecule has 1 amide bonds. The predicted molar refractivity (Wildman–Crippen MR) is 92.8 cm³/mol. The molecule has 0 fully saturated rings. The van der Waals surface area contributed by atoms with Gasteiger partial charge in [0, 0.05) is 18.7 Å². The van der Waals surface area contributed by atoms with Crippen molar-refractivity contribution in [2.24, 2.45) is 0 Å². The van der Waals surface area contributed by atoms with Gasteiger partial charge in [-0.2, -0.15) is 0 Å². The number of nitrogens with zero attached hydrogens (tertiary/aromatic N) is 1. The second-order valence-corrected chi connectivity index (χ2v) is 5.42. The lowest BCUT2D eigenvalue weighted by atomic mass is 10.2. The standard InChI is InChI=1S/C18H18N2O6/c1-12(17(21)19-11-13-6-8-16(25-2)9-7-13)26-18(22)14-4-3-5-15(10-14)20(23)24/h3-10,12H,11H2,1-2H3,(H,19,21)/t12-/m1/s1. The van der Waals surface area contributed by atoms with Gasteiger partial charge in [0.25, 0.3) is 11.6 Å². The monoisotopic (exact) mass is 358 g/mol. The van der Waals surface area contributed by atoms with E-state index in [1.807, 2.05) is 0 Å². The number of non-ortho nitro benzene ring substituents is 1. The molecule has 0 spiro atoms. The third-order valence-corrected chi connectivity index (χ3v) is 3.57. The van der Waals surface area contributed by atoms with Crippen LogP contribution in [0, 0.1) is 10.1 Å². The molecule has 1 atom stereocenters. The van der Waals surface area contributed by atoms with Gasteiger partial charge in [0.05, 0.1) is 17.6 Å². The Kier molecular flexibility index (Phi) is 6.26. The average Bonchev–Trinajstić information content (AvgIpc) is 2.66. The Labute approximate surface area is 149 Å². The van der Waals surface area contributed by atoms with E-state index in [0.717, 1.165) is 11.6 Å². The lowest BCUT2D eigenvalue weighted by molar-refractivity contribution is -0.384. The number of carbonyl (C=O) groups is 2. The van der Waals surface area contributed by atoms with Crippen LogP contribution in [0.15, 0.2) is 48.5 Å². The van der Waals surface area contributed by atoms with Crippen molar-refractivity contribution < 1.29 is 24.0 Å². The fourth-order valence-corrected chi connectivity index (χ4v) is 2.10. The Balaban J connectivity index is 1.90. The third-order valence-electron chi connectivity index (χ3n) is 3.57. The van der Waals surface area contributed by atoms with Crippen molar-refractivity contribution in [1.29, 1.82) is 0 Å². The summed E-state index contributed by atoms with van der Waals surface area (Å²) >= 11 is 0. The summed E-state index contributed by atoms with van der Waals surface area (Å²) in [5.41, 5.74) is 0.640. The fraction of sp³-hybridized carbons (Fsp3) is 0.222. The van der Waals surface area contributed by atoms with E-state index in [2.05, 4.69) is 5.32 Å². The lowest BCUT2D eigenvalue weighted by Crippen LogP contribution is -2.35. The number of hydrogen-bond acceptors (Lipinski definition) is 6. The first-order valence-electron chi connectivity index (χ1n) is 7.77. The Bertz CT molecular complexity index is 804. The molecule has 0 heterocycles. The quantitative estimate of drug-likeness (QED) is 0.463. The van der Waals surface area contributed by atoms with E-state index in [9.17, 15) is 19.7 Å². The summed E-state index contributed by atoms with van der Waals surface area (Å²) in [5, 5.41) is 13.4. The van der Waals surface area contributed by atoms with Gasteiger partial charge in [-0.3, -0.25) is 14.9 Å². The normalized spacial score (nSPS) is 11.3. The van der Waals surface area contributed by atoms with Crippen molar-refractivity contribution in [2.45, 2.75) is 19.6 Å². The molecule has 0 aliphatic rings. The van der Waals surface area contributed by atoms with Gasteiger partial charge in [-0.15, -0.1) is 0 Å². The maximum Gasteiger partial charge on any atom is 0.339 e. The van der Waals surface area contributed by atoms with Crippen LogP contribution >= 0.6 is 0 Å². The molecule has 0 saturated carbocycles. The molecule has 2 rings (SSSR count). The van der Waals surface area contributed by atoms with E-state index in [1.165, 1.54) is 25.1 Å². The second-order valence-electron chi connectivity index (χ2n) is 5.42. The Morgan fingerprint density at radius 2 is 1.88 bits per heavy atom. The molecule has 0 bridgehead atoms. The summed E-state index contributed by atoms with van der Waals surface area (Å²) in [5.74, 6) is -0.570. The maximum atomic E-state index is 12.1. The molecule has 1 N–H and O–H groups in total. The van der Waals surface area contributed by atoms with Crippen LogP contribution in [0.2, 0.25) is 0 Å². The minimum absolute atomic E-state index is 0.00834. The van der Waals surface area contributed by atoms with Crippen LogP contribution in [-0.4, -0.2) is 30.0 Å². The van der Waals surface area contributed by atoms with Gasteiger partial charge in [-0.25, -0.2) is 4.79 Å². The van der Waals surface area contributed by atoms with Gasteiger partial charge in [-0.1, -0.05) is 18.2 Å². The third kappa shape index (κ3) is 5.04. The topological polar surface area (TPSA) is 108 Å². The number of amides is 1. The average molecular weight is 358 g/mol. The van der Waals surface area contributed by atoms with E-state index in [0.29, 0.717) is 5.75 Å². The van der Waals surface area contributed by atoms with Crippen molar-refractivity contribution in [3.63, 3.8) is 0 Å². The summed E-state index contributed by atoms with van der Waals surface area (Å²) < 4.78 is 10.1. The minimum Gasteiger partial charge on any atom is -0.497 e. The number of hydrogen-bond donors (Lipinski definition) is 1. The number of nitrogens with one attached hydrogen (secondary N) is 1. The molecule has 0 radical (unpaired) electrons. The molecular weight excluding hydrogens is 340 g/mol. The van der Waals surface area contributed by atoms with Crippen molar-refractivity contribution in [3.8, 4) is 5.75 Å². The van der Waals surface area contributed by atoms with Gasteiger partial charge in [0.1, 0.15) is 5.75 Å². The highest BCUT2D eigenvalue weighted by Gasteiger charge is 2.20. The van der Waals surface area contributed by atoms with Crippen LogP contribution in [0.3, 0.4) is 0 Å². The summed E-state index contributed by atoms with van der Waals surface area (Å²) in [7, 11) is 1.56. The largest absolute Gasteiger partial charge is 0.497 e. The molecule has 8 heteroatoms. The SMILES string of the molecule is COc1ccc(CNC(=O)[C@@H](C)OC(=O)c2cccc([N+](=O)[O-])c2)cc1. The molecule has 0 unspecified atom stereocenters. The zero-order valence-corrected chi connectivity index (χ0v) is 14.3. The van der Waals surface area contributed by atoms with E-state index in [-0.39, 0.29) is 17.8 Å². The van der Waals surface area contributed by atoms with Crippen molar-refractivity contribution in [1.82, 2.24) is 5.32 Å². The first-order valence-corrected chi connectivity index (χ1v) is 7.77. The fourth-order valence-electron chi connectivity index (χ4n) is 2.10. The Hall–Kier alpha value is -3.42. The second kappa shape index (κ2) is 8.61. The molecule has 0 saturated heterocycles. The number of benzene rings is 2. The van der Waals surface area contributed by atoms with Gasteiger partial charge in [0.2, 0.25) is 0 Å². The number of esters is 1. The van der Waals surface area contributed by atoms with Crippen LogP contribution in [0.1, 0.15) is 22.8 Å². The van der Waals surface area contributed by atoms with Crippen molar-refractivity contribution in [3.05, 3.63) is 69.8 Å². The minimum atomic E-state index is -1.04. The molecule has 0 aliphatic carbocycles. The molecule has 0 aromatic heterocycles. The highest BCUT2D eigenvalue weighted by molar-refractivity contribution is 5.92. The van der Waals surface area contributed by atoms with Gasteiger partial charge >= 0.3 is 5.97 Å². The van der Waals surface area contributed by atoms with Crippen molar-refractivity contribution in [2.75, 3.05) is 7.11 Å².